The summed E-state index contributed by atoms with van der Waals surface area (Å²) in [6.45, 7) is 3.25. The maximum Gasteiger partial charge on any atom is 0.308 e. The molecule has 0 aliphatic rings. The number of hydrogen-bond acceptors (Lipinski definition) is 3. The summed E-state index contributed by atoms with van der Waals surface area (Å²) in [6, 6.07) is 12.2. The van der Waals surface area contributed by atoms with E-state index >= 15 is 0 Å². The first-order valence-electron chi connectivity index (χ1n) is 7.06. The molecule has 0 saturated heterocycles. The summed E-state index contributed by atoms with van der Waals surface area (Å²) in [6.07, 6.45) is 0. The van der Waals surface area contributed by atoms with Gasteiger partial charge in [-0.1, -0.05) is 23.2 Å². The summed E-state index contributed by atoms with van der Waals surface area (Å²) in [4.78, 5) is 27.2. The van der Waals surface area contributed by atoms with Gasteiger partial charge in [-0.15, -0.1) is 0 Å². The number of aromatic amines is 1. The summed E-state index contributed by atoms with van der Waals surface area (Å²) in [5.41, 5.74) is 2.47. The SMILES string of the molecule is CC(=O)Oc1c(C(=O)c2ccc(Cl)cc2)[nH]c2ccc(C)cc12. The van der Waals surface area contributed by atoms with Crippen LogP contribution in [0.5, 0.6) is 5.75 Å². The van der Waals surface area contributed by atoms with Crippen LogP contribution in [-0.2, 0) is 4.79 Å². The van der Waals surface area contributed by atoms with Crippen LogP contribution in [0.15, 0.2) is 42.5 Å². The maximum atomic E-state index is 12.7. The van der Waals surface area contributed by atoms with E-state index in [1.54, 1.807) is 24.3 Å². The number of nitrogens with one attached hydrogen (secondary N) is 1. The van der Waals surface area contributed by atoms with Gasteiger partial charge in [-0.05, 0) is 43.3 Å². The van der Waals surface area contributed by atoms with Gasteiger partial charge in [0.15, 0.2) is 5.75 Å². The highest BCUT2D eigenvalue weighted by atomic mass is 35.5. The van der Waals surface area contributed by atoms with Crippen molar-refractivity contribution in [3.05, 3.63) is 64.3 Å². The van der Waals surface area contributed by atoms with Gasteiger partial charge in [0.2, 0.25) is 5.78 Å². The predicted octanol–water partition coefficient (Wildman–Crippen LogP) is 4.29. The summed E-state index contributed by atoms with van der Waals surface area (Å²) in [5, 5.41) is 1.26. The van der Waals surface area contributed by atoms with Gasteiger partial charge in [-0.3, -0.25) is 9.59 Å². The Labute approximate surface area is 138 Å². The Balaban J connectivity index is 2.17. The van der Waals surface area contributed by atoms with Crippen molar-refractivity contribution in [2.45, 2.75) is 13.8 Å². The molecule has 0 unspecified atom stereocenters. The molecule has 0 spiro atoms. The number of rotatable bonds is 3. The second kappa shape index (κ2) is 5.89. The molecule has 0 amide bonds. The van der Waals surface area contributed by atoms with Crippen molar-refractivity contribution in [1.82, 2.24) is 4.98 Å². The quantitative estimate of drug-likeness (QED) is 0.576. The van der Waals surface area contributed by atoms with Crippen LogP contribution in [-0.4, -0.2) is 16.7 Å². The zero-order valence-electron chi connectivity index (χ0n) is 12.6. The molecule has 0 saturated carbocycles. The molecular weight excluding hydrogens is 314 g/mol. The van der Waals surface area contributed by atoms with Crippen molar-refractivity contribution in [2.75, 3.05) is 0 Å². The van der Waals surface area contributed by atoms with Crippen LogP contribution in [0.1, 0.15) is 28.5 Å². The van der Waals surface area contributed by atoms with Crippen molar-refractivity contribution in [2.24, 2.45) is 0 Å². The molecule has 5 heteroatoms. The van der Waals surface area contributed by atoms with Gasteiger partial charge in [0, 0.05) is 28.4 Å². The van der Waals surface area contributed by atoms with E-state index in [1.807, 2.05) is 25.1 Å². The predicted molar refractivity (Wildman–Crippen MR) is 89.2 cm³/mol. The lowest BCUT2D eigenvalue weighted by molar-refractivity contribution is -0.131. The van der Waals surface area contributed by atoms with Crippen LogP contribution < -0.4 is 4.74 Å². The summed E-state index contributed by atoms with van der Waals surface area (Å²) in [5.74, 6) is -0.472. The number of halogens is 1. The molecular formula is C18H14ClNO3. The van der Waals surface area contributed by atoms with Crippen LogP contribution >= 0.6 is 11.6 Å². The van der Waals surface area contributed by atoms with Crippen molar-refractivity contribution >= 4 is 34.3 Å². The molecule has 1 N–H and O–H groups in total. The lowest BCUT2D eigenvalue weighted by atomic mass is 10.1. The lowest BCUT2D eigenvalue weighted by Crippen LogP contribution is -2.08. The number of fused-ring (bicyclic) bond motifs is 1. The monoisotopic (exact) mass is 327 g/mol. The molecule has 0 radical (unpaired) electrons. The standard InChI is InChI=1S/C18H14ClNO3/c1-10-3-8-15-14(9-10)18(23-11(2)21)16(20-15)17(22)12-4-6-13(19)7-5-12/h3-9,20H,1-2H3. The van der Waals surface area contributed by atoms with E-state index in [9.17, 15) is 9.59 Å². The fraction of sp³-hybridized carbons (Fsp3) is 0.111. The normalized spacial score (nSPS) is 10.7. The molecule has 0 aliphatic heterocycles. The molecule has 1 heterocycles. The average Bonchev–Trinajstić information content (AvgIpc) is 2.85. The van der Waals surface area contributed by atoms with Gasteiger partial charge in [0.25, 0.3) is 0 Å². The molecule has 2 aromatic carbocycles. The Morgan fingerprint density at radius 1 is 1.09 bits per heavy atom. The third-order valence-corrected chi connectivity index (χ3v) is 3.74. The number of aryl methyl sites for hydroxylation is 1. The van der Waals surface area contributed by atoms with Gasteiger partial charge in [0.05, 0.1) is 0 Å². The fourth-order valence-electron chi connectivity index (χ4n) is 2.44. The van der Waals surface area contributed by atoms with E-state index in [-0.39, 0.29) is 17.2 Å². The Hall–Kier alpha value is -2.59. The zero-order valence-corrected chi connectivity index (χ0v) is 13.4. The summed E-state index contributed by atoms with van der Waals surface area (Å²) >= 11 is 5.86. The van der Waals surface area contributed by atoms with Crippen molar-refractivity contribution in [1.29, 1.82) is 0 Å². The Bertz CT molecular complexity index is 910. The first kappa shape index (κ1) is 15.3. The number of hydrogen-bond donors (Lipinski definition) is 1. The molecule has 3 rings (SSSR count). The molecule has 0 fully saturated rings. The number of carbonyl (C=O) groups is 2. The van der Waals surface area contributed by atoms with Crippen LogP contribution in [0.2, 0.25) is 5.02 Å². The molecule has 0 aliphatic carbocycles. The van der Waals surface area contributed by atoms with E-state index in [0.717, 1.165) is 11.1 Å². The highest BCUT2D eigenvalue weighted by Crippen LogP contribution is 2.32. The second-order valence-corrected chi connectivity index (χ2v) is 5.74. The molecule has 1 aromatic heterocycles. The van der Waals surface area contributed by atoms with Crippen molar-refractivity contribution in [3.8, 4) is 5.75 Å². The van der Waals surface area contributed by atoms with Gasteiger partial charge >= 0.3 is 5.97 Å². The Morgan fingerprint density at radius 2 is 1.78 bits per heavy atom. The van der Waals surface area contributed by atoms with Gasteiger partial charge in [-0.2, -0.15) is 0 Å². The largest absolute Gasteiger partial charge is 0.424 e. The van der Waals surface area contributed by atoms with E-state index < -0.39 is 5.97 Å². The van der Waals surface area contributed by atoms with E-state index in [4.69, 9.17) is 16.3 Å². The van der Waals surface area contributed by atoms with Crippen molar-refractivity contribution in [3.63, 3.8) is 0 Å². The third kappa shape index (κ3) is 2.98. The zero-order chi connectivity index (χ0) is 16.6. The lowest BCUT2D eigenvalue weighted by Gasteiger charge is -2.04. The maximum absolute atomic E-state index is 12.7. The number of benzene rings is 2. The van der Waals surface area contributed by atoms with Gasteiger partial charge in [-0.25, -0.2) is 0 Å². The first-order chi connectivity index (χ1) is 11.0. The average molecular weight is 328 g/mol. The highest BCUT2D eigenvalue weighted by molar-refractivity contribution is 6.30. The number of aromatic nitrogens is 1. The topological polar surface area (TPSA) is 59.2 Å². The number of ketones is 1. The van der Waals surface area contributed by atoms with E-state index in [0.29, 0.717) is 16.0 Å². The number of ether oxygens (including phenoxy) is 1. The number of esters is 1. The van der Waals surface area contributed by atoms with Gasteiger partial charge in [0.1, 0.15) is 5.69 Å². The molecule has 116 valence electrons. The van der Waals surface area contributed by atoms with E-state index in [1.165, 1.54) is 6.92 Å². The minimum Gasteiger partial charge on any atom is -0.424 e. The Kier molecular flexibility index (Phi) is 3.92. The molecule has 3 aromatic rings. The number of carbonyl (C=O) groups excluding carboxylic acids is 2. The van der Waals surface area contributed by atoms with Crippen LogP contribution in [0.25, 0.3) is 10.9 Å². The Morgan fingerprint density at radius 3 is 2.43 bits per heavy atom. The minimum absolute atomic E-state index is 0.253. The fourth-order valence-corrected chi connectivity index (χ4v) is 2.56. The molecule has 23 heavy (non-hydrogen) atoms. The van der Waals surface area contributed by atoms with Crippen LogP contribution in [0, 0.1) is 6.92 Å². The summed E-state index contributed by atoms with van der Waals surface area (Å²) < 4.78 is 5.30. The second-order valence-electron chi connectivity index (χ2n) is 5.31. The molecule has 0 atom stereocenters. The third-order valence-electron chi connectivity index (χ3n) is 3.49. The molecule has 0 bridgehead atoms. The summed E-state index contributed by atoms with van der Waals surface area (Å²) in [7, 11) is 0. The van der Waals surface area contributed by atoms with Crippen LogP contribution in [0.3, 0.4) is 0 Å². The van der Waals surface area contributed by atoms with E-state index in [2.05, 4.69) is 4.98 Å². The smallest absolute Gasteiger partial charge is 0.308 e. The van der Waals surface area contributed by atoms with Crippen molar-refractivity contribution < 1.29 is 14.3 Å². The number of H-pyrrole nitrogens is 1. The first-order valence-corrected chi connectivity index (χ1v) is 7.44. The van der Waals surface area contributed by atoms with Gasteiger partial charge < -0.3 is 9.72 Å². The van der Waals surface area contributed by atoms with Crippen LogP contribution in [0.4, 0.5) is 0 Å². The highest BCUT2D eigenvalue weighted by Gasteiger charge is 2.22. The molecule has 4 nitrogen and oxygen atoms in total. The minimum atomic E-state index is -0.474.